The molecular weight excluding hydrogens is 535 g/mol. The molecule has 1 unspecified atom stereocenters. The van der Waals surface area contributed by atoms with E-state index in [-0.39, 0.29) is 27.7 Å². The van der Waals surface area contributed by atoms with Crippen molar-refractivity contribution in [2.24, 2.45) is 0 Å². The largest absolute Gasteiger partial charge is 0.495 e. The first-order chi connectivity index (χ1) is 18.2. The first-order valence-electron chi connectivity index (χ1n) is 11.5. The summed E-state index contributed by atoms with van der Waals surface area (Å²) in [6.07, 6.45) is -9.17. The van der Waals surface area contributed by atoms with E-state index in [2.05, 4.69) is 5.32 Å². The van der Waals surface area contributed by atoms with Gasteiger partial charge in [0, 0.05) is 29.1 Å². The molecule has 3 aromatic rings. The van der Waals surface area contributed by atoms with Gasteiger partial charge < -0.3 is 20.1 Å². The number of fused-ring (bicyclic) bond motifs is 1. The maximum Gasteiger partial charge on any atom is 0.417 e. The minimum atomic E-state index is -4.77. The van der Waals surface area contributed by atoms with E-state index in [1.807, 2.05) is 0 Å². The van der Waals surface area contributed by atoms with E-state index in [4.69, 9.17) is 17.7 Å². The second-order valence-corrected chi connectivity index (χ2v) is 8.77. The number of methoxy groups -OCH3 is 1. The quantitative estimate of drug-likeness (QED) is 0.368. The van der Waals surface area contributed by atoms with Gasteiger partial charge in [0.1, 0.15) is 11.8 Å². The number of halogens is 6. The van der Waals surface area contributed by atoms with E-state index in [0.717, 1.165) is 29.2 Å². The Morgan fingerprint density at radius 1 is 1.16 bits per heavy atom. The van der Waals surface area contributed by atoms with Crippen molar-refractivity contribution in [3.8, 4) is 5.75 Å². The molecule has 3 aromatic carbocycles. The zero-order chi connectivity index (χ0) is 28.8. The van der Waals surface area contributed by atoms with Gasteiger partial charge in [-0.1, -0.05) is 23.7 Å². The van der Waals surface area contributed by atoms with Crippen LogP contribution < -0.4 is 15.0 Å². The summed E-state index contributed by atoms with van der Waals surface area (Å²) < 4.78 is 82.5. The number of aliphatic hydroxyl groups is 1. The van der Waals surface area contributed by atoms with E-state index in [1.165, 1.54) is 43.5 Å². The number of rotatable bonds is 4. The molecule has 1 atom stereocenters. The molecule has 38 heavy (non-hydrogen) atoms. The Kier molecular flexibility index (Phi) is 6.97. The highest BCUT2D eigenvalue weighted by molar-refractivity contribution is 6.30. The summed E-state index contributed by atoms with van der Waals surface area (Å²) in [5, 5.41) is 12.7. The maximum absolute atomic E-state index is 14.7. The predicted molar refractivity (Wildman–Crippen MR) is 130 cm³/mol. The van der Waals surface area contributed by atoms with Gasteiger partial charge >= 0.3 is 6.18 Å². The van der Waals surface area contributed by atoms with Crippen molar-refractivity contribution in [1.29, 1.82) is 0 Å². The van der Waals surface area contributed by atoms with Gasteiger partial charge in [-0.15, -0.1) is 0 Å². The van der Waals surface area contributed by atoms with Crippen molar-refractivity contribution in [3.05, 3.63) is 87.9 Å². The molecule has 1 aliphatic heterocycles. The van der Waals surface area contributed by atoms with Gasteiger partial charge in [0.15, 0.2) is 0 Å². The number of benzene rings is 3. The molecule has 0 radical (unpaired) electrons. The van der Waals surface area contributed by atoms with Gasteiger partial charge in [-0.25, -0.2) is 8.78 Å². The summed E-state index contributed by atoms with van der Waals surface area (Å²) in [7, 11) is 1.20. The van der Waals surface area contributed by atoms with Crippen LogP contribution in [-0.4, -0.2) is 36.5 Å². The Bertz CT molecular complexity index is 1450. The highest BCUT2D eigenvalue weighted by Gasteiger charge is 2.44. The number of anilines is 2. The van der Waals surface area contributed by atoms with Gasteiger partial charge in [0.2, 0.25) is 0 Å². The van der Waals surface area contributed by atoms with Crippen LogP contribution in [0.3, 0.4) is 0 Å². The van der Waals surface area contributed by atoms with Gasteiger partial charge in [-0.05, 0) is 48.5 Å². The average Bonchev–Trinajstić information content (AvgIpc) is 2.95. The molecule has 0 saturated carbocycles. The third kappa shape index (κ3) is 5.30. The van der Waals surface area contributed by atoms with Crippen LogP contribution in [0, 0.1) is 0 Å². The topological polar surface area (TPSA) is 78.9 Å². The van der Waals surface area contributed by atoms with Gasteiger partial charge in [0.05, 0.1) is 31.0 Å². The SMILES string of the molecule is [2H]C1(O)c2cc(Cl)ccc2N(C(=O)c2ccc(NC(=O)c3ccccc3C(F)(F)F)c(OC)c2)CCC1(F)F. The third-order valence-corrected chi connectivity index (χ3v) is 6.15. The van der Waals surface area contributed by atoms with Gasteiger partial charge in [-0.2, -0.15) is 13.2 Å². The summed E-state index contributed by atoms with van der Waals surface area (Å²) in [5.74, 6) is -5.88. The van der Waals surface area contributed by atoms with Crippen LogP contribution in [0.2, 0.25) is 5.02 Å². The second-order valence-electron chi connectivity index (χ2n) is 8.33. The summed E-state index contributed by atoms with van der Waals surface area (Å²) >= 11 is 5.92. The molecule has 0 saturated heterocycles. The molecule has 2 amide bonds. The molecule has 0 aromatic heterocycles. The minimum Gasteiger partial charge on any atom is -0.495 e. The molecule has 0 bridgehead atoms. The van der Waals surface area contributed by atoms with Crippen LogP contribution in [0.5, 0.6) is 5.75 Å². The summed E-state index contributed by atoms with van der Waals surface area (Å²) in [5.41, 5.74) is -2.62. The molecule has 6 nitrogen and oxygen atoms in total. The smallest absolute Gasteiger partial charge is 0.417 e. The maximum atomic E-state index is 14.7. The molecule has 0 aliphatic carbocycles. The molecule has 1 heterocycles. The molecule has 4 rings (SSSR count). The molecule has 12 heteroatoms. The fourth-order valence-electron chi connectivity index (χ4n) is 4.03. The van der Waals surface area contributed by atoms with Crippen molar-refractivity contribution in [2.75, 3.05) is 23.9 Å². The lowest BCUT2D eigenvalue weighted by Gasteiger charge is -2.24. The second kappa shape index (κ2) is 10.2. The number of alkyl halides is 5. The molecule has 2 N–H and O–H groups in total. The zero-order valence-corrected chi connectivity index (χ0v) is 20.3. The Balaban J connectivity index is 1.68. The van der Waals surface area contributed by atoms with Crippen LogP contribution in [-0.2, 0) is 6.18 Å². The first kappa shape index (κ1) is 25.9. The molecule has 0 fully saturated rings. The number of ether oxygens (including phenoxy) is 1. The van der Waals surface area contributed by atoms with E-state index in [9.17, 15) is 36.6 Å². The highest BCUT2D eigenvalue weighted by atomic mass is 35.5. The monoisotopic (exact) mass is 555 g/mol. The Labute approximate surface area is 220 Å². The van der Waals surface area contributed by atoms with E-state index in [0.29, 0.717) is 0 Å². The van der Waals surface area contributed by atoms with Crippen molar-refractivity contribution in [3.63, 3.8) is 0 Å². The summed E-state index contributed by atoms with van der Waals surface area (Å²) in [4.78, 5) is 27.1. The average molecular weight is 556 g/mol. The van der Waals surface area contributed by atoms with E-state index in [1.54, 1.807) is 0 Å². The van der Waals surface area contributed by atoms with E-state index >= 15 is 0 Å². The number of hydrogen-bond acceptors (Lipinski definition) is 4. The van der Waals surface area contributed by atoms with Crippen LogP contribution in [0.15, 0.2) is 60.7 Å². The number of amides is 2. The lowest BCUT2D eigenvalue weighted by Crippen LogP contribution is -2.33. The molecule has 1 aliphatic rings. The lowest BCUT2D eigenvalue weighted by molar-refractivity contribution is -0.137. The third-order valence-electron chi connectivity index (χ3n) is 5.92. The van der Waals surface area contributed by atoms with Crippen molar-refractivity contribution in [2.45, 2.75) is 24.6 Å². The summed E-state index contributed by atoms with van der Waals surface area (Å²) in [6.45, 7) is -0.559. The van der Waals surface area contributed by atoms with Crippen LogP contribution in [0.25, 0.3) is 0 Å². The standard InChI is InChI=1S/C26H20ClF5N2O4/c1-38-21-12-14(6-8-19(21)33-23(36)16-4-2-3-5-18(16)26(30,31)32)24(37)34-11-10-25(28,29)22(35)17-13-15(27)7-9-20(17)34/h2-9,12-13,22,35H,10-11H2,1H3,(H,33,36)/i22D. The van der Waals surface area contributed by atoms with Crippen LogP contribution in [0.1, 0.15) is 45.7 Å². The number of carbonyl (C=O) groups excluding carboxylic acids is 2. The lowest BCUT2D eigenvalue weighted by atomic mass is 10.0. The van der Waals surface area contributed by atoms with Crippen molar-refractivity contribution >= 4 is 34.8 Å². The van der Waals surface area contributed by atoms with Crippen molar-refractivity contribution < 1.29 is 42.8 Å². The fraction of sp³-hybridized carbons (Fsp3) is 0.231. The highest BCUT2D eigenvalue weighted by Crippen LogP contribution is 2.43. The molecule has 200 valence electrons. The number of nitrogens with zero attached hydrogens (tertiary/aromatic N) is 1. The zero-order valence-electron chi connectivity index (χ0n) is 20.6. The number of hydrogen-bond donors (Lipinski definition) is 2. The Hall–Kier alpha value is -3.70. The summed E-state index contributed by atoms with van der Waals surface area (Å²) in [6, 6.07) is 11.4. The normalized spacial score (nSPS) is 19.2. The molecule has 0 spiro atoms. The first-order valence-corrected chi connectivity index (χ1v) is 11.4. The Morgan fingerprint density at radius 3 is 2.55 bits per heavy atom. The van der Waals surface area contributed by atoms with Crippen LogP contribution in [0.4, 0.5) is 33.3 Å². The number of carbonyl (C=O) groups is 2. The van der Waals surface area contributed by atoms with Crippen LogP contribution >= 0.6 is 11.6 Å². The predicted octanol–water partition coefficient (Wildman–Crippen LogP) is 6.34. The number of nitrogens with one attached hydrogen (secondary N) is 1. The van der Waals surface area contributed by atoms with E-state index < -0.39 is 59.6 Å². The Morgan fingerprint density at radius 2 is 1.87 bits per heavy atom. The minimum absolute atomic E-state index is 0.0293. The molecular formula is C26H20ClF5N2O4. The van der Waals surface area contributed by atoms with Gasteiger partial charge in [0.25, 0.3) is 17.7 Å². The fourth-order valence-corrected chi connectivity index (χ4v) is 4.21. The van der Waals surface area contributed by atoms with Crippen molar-refractivity contribution in [1.82, 2.24) is 0 Å². The van der Waals surface area contributed by atoms with Gasteiger partial charge in [-0.3, -0.25) is 9.59 Å².